The van der Waals surface area contributed by atoms with Crippen molar-refractivity contribution in [3.05, 3.63) is 83.2 Å². The fraction of sp³-hybridized carbons (Fsp3) is 0.474. The van der Waals surface area contributed by atoms with Crippen LogP contribution in [0.5, 0.6) is 5.75 Å². The standard InChI is InChI=1S/C38H49FN2O5/c1-25(41-36(43)46-38(5,6)7)31-16-12-17-32(35(31)39)29-19-27(20-30(21-29)40-23-26-13-8-9-14-26)24-44-33-18-11-10-15-28(33)22-34(42)45-37(2,3)4/h10-12,15-21,25-26,40H,8-9,13-14,22-24H2,1-7H3,(H,41,43)/t25-/m1/s1. The molecule has 0 spiro atoms. The van der Waals surface area contributed by atoms with Crippen molar-refractivity contribution in [2.24, 2.45) is 5.92 Å². The lowest BCUT2D eigenvalue weighted by Gasteiger charge is -2.23. The van der Waals surface area contributed by atoms with Gasteiger partial charge in [-0.3, -0.25) is 4.79 Å². The Labute approximate surface area is 273 Å². The van der Waals surface area contributed by atoms with Gasteiger partial charge in [-0.2, -0.15) is 0 Å². The molecule has 248 valence electrons. The topological polar surface area (TPSA) is 85.9 Å². The van der Waals surface area contributed by atoms with Crippen LogP contribution in [0.3, 0.4) is 0 Å². The minimum absolute atomic E-state index is 0.0925. The van der Waals surface area contributed by atoms with E-state index in [2.05, 4.69) is 10.6 Å². The van der Waals surface area contributed by atoms with Crippen molar-refractivity contribution >= 4 is 17.7 Å². The number of alkyl carbamates (subject to hydrolysis) is 1. The van der Waals surface area contributed by atoms with Gasteiger partial charge in [0.25, 0.3) is 0 Å². The number of amides is 1. The average molecular weight is 633 g/mol. The SMILES string of the molecule is C[C@@H](NC(=O)OC(C)(C)C)c1cccc(-c2cc(COc3ccccc3CC(=O)OC(C)(C)C)cc(NCC3CCCC3)c2)c1F. The van der Waals surface area contributed by atoms with Gasteiger partial charge >= 0.3 is 12.1 Å². The smallest absolute Gasteiger partial charge is 0.408 e. The quantitative estimate of drug-likeness (QED) is 0.205. The number of carbonyl (C=O) groups excluding carboxylic acids is 2. The van der Waals surface area contributed by atoms with E-state index in [-0.39, 0.29) is 19.0 Å². The van der Waals surface area contributed by atoms with Crippen molar-refractivity contribution in [1.82, 2.24) is 5.32 Å². The minimum atomic E-state index is -0.662. The second-order valence-corrected chi connectivity index (χ2v) is 14.2. The lowest BCUT2D eigenvalue weighted by Crippen LogP contribution is -2.34. The summed E-state index contributed by atoms with van der Waals surface area (Å²) in [5, 5.41) is 6.34. The van der Waals surface area contributed by atoms with E-state index >= 15 is 4.39 Å². The minimum Gasteiger partial charge on any atom is -0.489 e. The highest BCUT2D eigenvalue weighted by Gasteiger charge is 2.22. The normalized spacial score (nSPS) is 14.4. The summed E-state index contributed by atoms with van der Waals surface area (Å²) in [6.45, 7) is 13.7. The summed E-state index contributed by atoms with van der Waals surface area (Å²) in [7, 11) is 0. The number of hydrogen-bond donors (Lipinski definition) is 2. The number of hydrogen-bond acceptors (Lipinski definition) is 6. The van der Waals surface area contributed by atoms with Crippen molar-refractivity contribution in [3.63, 3.8) is 0 Å². The molecular formula is C38H49FN2O5. The van der Waals surface area contributed by atoms with Crippen LogP contribution < -0.4 is 15.4 Å². The van der Waals surface area contributed by atoms with Crippen LogP contribution >= 0.6 is 0 Å². The maximum absolute atomic E-state index is 16.1. The third-order valence-corrected chi connectivity index (χ3v) is 7.72. The summed E-state index contributed by atoms with van der Waals surface area (Å²) in [6.07, 6.45) is 4.40. The Hall–Kier alpha value is -4.07. The average Bonchev–Trinajstić information content (AvgIpc) is 3.47. The van der Waals surface area contributed by atoms with Crippen LogP contribution in [-0.2, 0) is 27.3 Å². The molecule has 0 aromatic heterocycles. The zero-order chi connectivity index (χ0) is 33.5. The van der Waals surface area contributed by atoms with E-state index in [1.807, 2.05) is 63.2 Å². The Morgan fingerprint density at radius 1 is 0.913 bits per heavy atom. The van der Waals surface area contributed by atoms with E-state index in [4.69, 9.17) is 14.2 Å². The van der Waals surface area contributed by atoms with Gasteiger partial charge in [-0.25, -0.2) is 9.18 Å². The van der Waals surface area contributed by atoms with Crippen LogP contribution in [0.25, 0.3) is 11.1 Å². The van der Waals surface area contributed by atoms with Gasteiger partial charge in [0.15, 0.2) is 0 Å². The number of rotatable bonds is 11. The maximum Gasteiger partial charge on any atom is 0.408 e. The largest absolute Gasteiger partial charge is 0.489 e. The molecule has 3 aromatic carbocycles. The van der Waals surface area contributed by atoms with Gasteiger partial charge in [0.2, 0.25) is 0 Å². The van der Waals surface area contributed by atoms with Crippen LogP contribution in [0.4, 0.5) is 14.9 Å². The van der Waals surface area contributed by atoms with Crippen molar-refractivity contribution in [3.8, 4) is 16.9 Å². The summed E-state index contributed by atoms with van der Waals surface area (Å²) in [4.78, 5) is 25.0. The molecular weight excluding hydrogens is 583 g/mol. The Kier molecular flexibility index (Phi) is 11.4. The molecule has 0 bridgehead atoms. The molecule has 1 atom stereocenters. The molecule has 1 amide bonds. The van der Waals surface area contributed by atoms with Gasteiger partial charge in [-0.05, 0) is 103 Å². The highest BCUT2D eigenvalue weighted by molar-refractivity contribution is 5.74. The molecule has 0 unspecified atom stereocenters. The molecule has 3 aromatic rings. The molecule has 0 aliphatic heterocycles. The lowest BCUT2D eigenvalue weighted by molar-refractivity contribution is -0.153. The predicted octanol–water partition coefficient (Wildman–Crippen LogP) is 9.14. The van der Waals surface area contributed by atoms with Crippen molar-refractivity contribution in [1.29, 1.82) is 0 Å². The van der Waals surface area contributed by atoms with Crippen LogP contribution in [-0.4, -0.2) is 29.8 Å². The van der Waals surface area contributed by atoms with Gasteiger partial charge < -0.3 is 24.8 Å². The highest BCUT2D eigenvalue weighted by atomic mass is 19.1. The number of ether oxygens (including phenoxy) is 3. The molecule has 0 radical (unpaired) electrons. The first-order valence-corrected chi connectivity index (χ1v) is 16.3. The number of esters is 1. The molecule has 2 N–H and O–H groups in total. The Morgan fingerprint density at radius 3 is 2.30 bits per heavy atom. The van der Waals surface area contributed by atoms with Crippen molar-refractivity contribution in [2.75, 3.05) is 11.9 Å². The van der Waals surface area contributed by atoms with Gasteiger partial charge in [0.05, 0.1) is 12.5 Å². The fourth-order valence-electron chi connectivity index (χ4n) is 5.66. The molecule has 1 saturated carbocycles. The van der Waals surface area contributed by atoms with E-state index < -0.39 is 29.2 Å². The van der Waals surface area contributed by atoms with Crippen LogP contribution in [0.15, 0.2) is 60.7 Å². The molecule has 8 heteroatoms. The third-order valence-electron chi connectivity index (χ3n) is 7.72. The van der Waals surface area contributed by atoms with Gasteiger partial charge in [0.1, 0.15) is 29.4 Å². The van der Waals surface area contributed by atoms with Crippen molar-refractivity contribution < 1.29 is 28.2 Å². The second-order valence-electron chi connectivity index (χ2n) is 14.2. The van der Waals surface area contributed by atoms with Crippen LogP contribution in [0.1, 0.15) is 96.9 Å². The molecule has 1 aliphatic carbocycles. The zero-order valence-electron chi connectivity index (χ0n) is 28.3. The molecule has 4 rings (SSSR count). The van der Waals surface area contributed by atoms with E-state index in [0.717, 1.165) is 23.4 Å². The monoisotopic (exact) mass is 632 g/mol. The van der Waals surface area contributed by atoms with E-state index in [1.165, 1.54) is 25.7 Å². The molecule has 0 heterocycles. The summed E-state index contributed by atoms with van der Waals surface area (Å²) in [6, 6.07) is 18.0. The zero-order valence-corrected chi connectivity index (χ0v) is 28.3. The molecule has 46 heavy (non-hydrogen) atoms. The number of halogens is 1. The van der Waals surface area contributed by atoms with Crippen LogP contribution in [0, 0.1) is 11.7 Å². The lowest BCUT2D eigenvalue weighted by atomic mass is 9.97. The van der Waals surface area contributed by atoms with Gasteiger partial charge in [-0.15, -0.1) is 0 Å². The molecule has 1 fully saturated rings. The predicted molar refractivity (Wildman–Crippen MR) is 180 cm³/mol. The molecule has 1 aliphatic rings. The number of benzene rings is 3. The first kappa shape index (κ1) is 34.8. The van der Waals surface area contributed by atoms with E-state index in [0.29, 0.717) is 28.4 Å². The maximum atomic E-state index is 16.1. The first-order valence-electron chi connectivity index (χ1n) is 16.3. The summed E-state index contributed by atoms with van der Waals surface area (Å²) < 4.78 is 33.3. The Balaban J connectivity index is 1.59. The fourth-order valence-corrected chi connectivity index (χ4v) is 5.66. The number of nitrogens with one attached hydrogen (secondary N) is 2. The van der Waals surface area contributed by atoms with Gasteiger partial charge in [0, 0.05) is 28.9 Å². The number of anilines is 1. The van der Waals surface area contributed by atoms with E-state index in [1.54, 1.807) is 45.9 Å². The van der Waals surface area contributed by atoms with Gasteiger partial charge in [-0.1, -0.05) is 49.2 Å². The number of para-hydroxylation sites is 1. The molecule has 7 nitrogen and oxygen atoms in total. The molecule has 0 saturated heterocycles. The highest BCUT2D eigenvalue weighted by Crippen LogP contribution is 2.33. The van der Waals surface area contributed by atoms with Crippen LogP contribution in [0.2, 0.25) is 0 Å². The third kappa shape index (κ3) is 10.5. The summed E-state index contributed by atoms with van der Waals surface area (Å²) in [5.41, 5.74) is 2.71. The summed E-state index contributed by atoms with van der Waals surface area (Å²) in [5.74, 6) is 0.473. The summed E-state index contributed by atoms with van der Waals surface area (Å²) >= 11 is 0. The van der Waals surface area contributed by atoms with E-state index in [9.17, 15) is 9.59 Å². The van der Waals surface area contributed by atoms with Crippen molar-refractivity contribution in [2.45, 2.75) is 104 Å². The second kappa shape index (κ2) is 15.0. The Morgan fingerprint density at radius 2 is 1.61 bits per heavy atom. The Bertz CT molecular complexity index is 1500. The first-order chi connectivity index (χ1) is 21.7. The number of carbonyl (C=O) groups is 2.